The van der Waals surface area contributed by atoms with E-state index in [1.807, 2.05) is 0 Å². The average Bonchev–Trinajstić information content (AvgIpc) is 3.18. The van der Waals surface area contributed by atoms with Crippen molar-refractivity contribution >= 4 is 23.3 Å². The molecule has 0 atom stereocenters. The summed E-state index contributed by atoms with van der Waals surface area (Å²) in [6, 6.07) is 13.6. The number of halogens is 3. The predicted molar refractivity (Wildman–Crippen MR) is 110 cm³/mol. The van der Waals surface area contributed by atoms with Gasteiger partial charge in [-0.3, -0.25) is 9.59 Å². The summed E-state index contributed by atoms with van der Waals surface area (Å²) in [4.78, 5) is 24.8. The first-order valence-electron chi connectivity index (χ1n) is 9.04. The lowest BCUT2D eigenvalue weighted by Gasteiger charge is -2.10. The quantitative estimate of drug-likeness (QED) is 0.512. The minimum Gasteiger partial charge on any atom is -0.305 e. The van der Waals surface area contributed by atoms with E-state index in [2.05, 4.69) is 15.5 Å². The first-order chi connectivity index (χ1) is 14.9. The third-order valence-corrected chi connectivity index (χ3v) is 4.69. The number of benzene rings is 2. The van der Waals surface area contributed by atoms with E-state index in [-0.39, 0.29) is 17.3 Å². The zero-order valence-electron chi connectivity index (χ0n) is 15.8. The zero-order valence-corrected chi connectivity index (χ0v) is 16.6. The van der Waals surface area contributed by atoms with E-state index in [1.165, 1.54) is 59.4 Å². The molecule has 0 spiro atoms. The van der Waals surface area contributed by atoms with Crippen LogP contribution in [0.15, 0.2) is 71.7 Å². The molecular weight excluding hydrogens is 428 g/mol. The third kappa shape index (κ3) is 4.51. The molecule has 0 saturated carbocycles. The van der Waals surface area contributed by atoms with Gasteiger partial charge in [0.15, 0.2) is 0 Å². The number of anilines is 1. The summed E-state index contributed by atoms with van der Waals surface area (Å²) < 4.78 is 29.3. The largest absolute Gasteiger partial charge is 0.305 e. The van der Waals surface area contributed by atoms with E-state index in [0.717, 1.165) is 4.68 Å². The van der Waals surface area contributed by atoms with Crippen LogP contribution in [0.3, 0.4) is 0 Å². The average molecular weight is 442 g/mol. The van der Waals surface area contributed by atoms with Crippen molar-refractivity contribution < 1.29 is 13.6 Å². The number of nitrogens with zero attached hydrogens (tertiary/aromatic N) is 4. The molecule has 0 aliphatic rings. The van der Waals surface area contributed by atoms with Crippen LogP contribution < -0.4 is 10.9 Å². The van der Waals surface area contributed by atoms with E-state index >= 15 is 0 Å². The highest BCUT2D eigenvalue weighted by Gasteiger charge is 2.14. The summed E-state index contributed by atoms with van der Waals surface area (Å²) in [5.41, 5.74) is 0.409. The third-order valence-electron chi connectivity index (χ3n) is 4.38. The van der Waals surface area contributed by atoms with Crippen LogP contribution in [0, 0.1) is 11.6 Å². The van der Waals surface area contributed by atoms with Gasteiger partial charge in [0, 0.05) is 12.1 Å². The van der Waals surface area contributed by atoms with E-state index in [4.69, 9.17) is 11.6 Å². The molecule has 2 aromatic carbocycles. The Morgan fingerprint density at radius 1 is 1.03 bits per heavy atom. The van der Waals surface area contributed by atoms with Crippen LogP contribution in [0.2, 0.25) is 5.02 Å². The second kappa shape index (κ2) is 8.49. The molecule has 0 fully saturated rings. The normalized spacial score (nSPS) is 10.8. The van der Waals surface area contributed by atoms with Crippen LogP contribution in [-0.4, -0.2) is 25.5 Å². The summed E-state index contributed by atoms with van der Waals surface area (Å²) in [7, 11) is 0. The SMILES string of the molecule is O=C(Nc1ccnn1Cc1ccc(Cl)c(F)c1)c1ccc(=O)n(-c2ccc(F)cc2)n1. The summed E-state index contributed by atoms with van der Waals surface area (Å²) in [5.74, 6) is -1.25. The standard InChI is InChI=1S/C21H14ClF2N5O2/c22-16-6-1-13(11-17(16)24)12-28-19(9-10-25-28)26-21(31)18-7-8-20(30)29(27-18)15-4-2-14(23)3-5-15/h1-11H,12H2,(H,26,31). The van der Waals surface area contributed by atoms with Crippen molar-refractivity contribution in [3.05, 3.63) is 105 Å². The maximum atomic E-state index is 13.7. The summed E-state index contributed by atoms with van der Waals surface area (Å²) in [6.07, 6.45) is 1.48. The Labute approximate surface area is 179 Å². The molecule has 0 radical (unpaired) electrons. The Kier molecular flexibility index (Phi) is 5.59. The highest BCUT2D eigenvalue weighted by atomic mass is 35.5. The van der Waals surface area contributed by atoms with Gasteiger partial charge in [0.25, 0.3) is 11.5 Å². The molecule has 156 valence electrons. The minimum absolute atomic E-state index is 0.0140. The molecule has 7 nitrogen and oxygen atoms in total. The Hall–Kier alpha value is -3.85. The first-order valence-corrected chi connectivity index (χ1v) is 9.42. The van der Waals surface area contributed by atoms with E-state index in [0.29, 0.717) is 17.1 Å². The van der Waals surface area contributed by atoms with Crippen LogP contribution in [0.1, 0.15) is 16.1 Å². The van der Waals surface area contributed by atoms with Gasteiger partial charge in [0.1, 0.15) is 23.1 Å². The Morgan fingerprint density at radius 3 is 2.55 bits per heavy atom. The molecule has 0 bridgehead atoms. The highest BCUT2D eigenvalue weighted by molar-refractivity contribution is 6.30. The molecule has 0 saturated heterocycles. The van der Waals surface area contributed by atoms with E-state index < -0.39 is 23.1 Å². The van der Waals surface area contributed by atoms with Crippen molar-refractivity contribution in [2.24, 2.45) is 0 Å². The first kappa shape index (κ1) is 20.4. The summed E-state index contributed by atoms with van der Waals surface area (Å²) >= 11 is 5.70. The number of carbonyl (C=O) groups excluding carboxylic acids is 1. The maximum absolute atomic E-state index is 13.7. The van der Waals surface area contributed by atoms with Crippen molar-refractivity contribution in [2.45, 2.75) is 6.54 Å². The topological polar surface area (TPSA) is 81.8 Å². The maximum Gasteiger partial charge on any atom is 0.277 e. The van der Waals surface area contributed by atoms with Gasteiger partial charge in [-0.25, -0.2) is 13.5 Å². The van der Waals surface area contributed by atoms with Crippen molar-refractivity contribution in [2.75, 3.05) is 5.32 Å². The monoisotopic (exact) mass is 441 g/mol. The van der Waals surface area contributed by atoms with Gasteiger partial charge < -0.3 is 5.32 Å². The molecule has 0 aliphatic heterocycles. The number of amides is 1. The lowest BCUT2D eigenvalue weighted by molar-refractivity contribution is 0.101. The Bertz CT molecular complexity index is 1320. The van der Waals surface area contributed by atoms with Gasteiger partial charge in [-0.15, -0.1) is 0 Å². The number of hydrogen-bond donors (Lipinski definition) is 1. The van der Waals surface area contributed by atoms with Crippen LogP contribution in [0.4, 0.5) is 14.6 Å². The summed E-state index contributed by atoms with van der Waals surface area (Å²) in [6.45, 7) is 0.194. The fourth-order valence-corrected chi connectivity index (χ4v) is 2.97. The van der Waals surface area contributed by atoms with Gasteiger partial charge in [-0.05, 0) is 48.0 Å². The molecule has 2 aromatic heterocycles. The minimum atomic E-state index is -0.583. The van der Waals surface area contributed by atoms with Crippen LogP contribution in [-0.2, 0) is 6.54 Å². The van der Waals surface area contributed by atoms with Crippen molar-refractivity contribution in [3.63, 3.8) is 0 Å². The lowest BCUT2D eigenvalue weighted by Crippen LogP contribution is -2.25. The van der Waals surface area contributed by atoms with Gasteiger partial charge >= 0.3 is 0 Å². The molecule has 0 unspecified atom stereocenters. The number of rotatable bonds is 5. The van der Waals surface area contributed by atoms with Gasteiger partial charge in [-0.1, -0.05) is 17.7 Å². The lowest BCUT2D eigenvalue weighted by atomic mass is 10.2. The smallest absolute Gasteiger partial charge is 0.277 e. The Morgan fingerprint density at radius 2 is 1.81 bits per heavy atom. The molecule has 0 aliphatic carbocycles. The second-order valence-corrected chi connectivity index (χ2v) is 6.93. The molecule has 4 aromatic rings. The number of nitrogens with one attached hydrogen (secondary N) is 1. The molecule has 4 rings (SSSR count). The molecule has 2 heterocycles. The highest BCUT2D eigenvalue weighted by Crippen LogP contribution is 2.18. The van der Waals surface area contributed by atoms with Gasteiger partial charge in [0.05, 0.1) is 23.5 Å². The number of aromatic nitrogens is 4. The number of hydrogen-bond acceptors (Lipinski definition) is 4. The second-order valence-electron chi connectivity index (χ2n) is 6.52. The van der Waals surface area contributed by atoms with Crippen molar-refractivity contribution in [1.29, 1.82) is 0 Å². The number of carbonyl (C=O) groups is 1. The fraction of sp³-hybridized carbons (Fsp3) is 0.0476. The van der Waals surface area contributed by atoms with Gasteiger partial charge in [-0.2, -0.15) is 14.9 Å². The predicted octanol–water partition coefficient (Wildman–Crippen LogP) is 3.66. The summed E-state index contributed by atoms with van der Waals surface area (Å²) in [5, 5.41) is 10.9. The molecule has 10 heteroatoms. The zero-order chi connectivity index (χ0) is 22.0. The molecule has 31 heavy (non-hydrogen) atoms. The fourth-order valence-electron chi connectivity index (χ4n) is 2.86. The van der Waals surface area contributed by atoms with E-state index in [1.54, 1.807) is 12.1 Å². The van der Waals surface area contributed by atoms with E-state index in [9.17, 15) is 18.4 Å². The van der Waals surface area contributed by atoms with Crippen molar-refractivity contribution in [3.8, 4) is 5.69 Å². The van der Waals surface area contributed by atoms with Crippen LogP contribution >= 0.6 is 11.6 Å². The van der Waals surface area contributed by atoms with Gasteiger partial charge in [0.2, 0.25) is 0 Å². The molecule has 1 N–H and O–H groups in total. The molecule has 1 amide bonds. The van der Waals surface area contributed by atoms with Crippen LogP contribution in [0.25, 0.3) is 5.69 Å². The van der Waals surface area contributed by atoms with Crippen LogP contribution in [0.5, 0.6) is 0 Å². The molecular formula is C21H14ClF2N5O2. The van der Waals surface area contributed by atoms with Crippen molar-refractivity contribution in [1.82, 2.24) is 19.6 Å². The Balaban J connectivity index is 1.56.